The first kappa shape index (κ1) is 19.7. The predicted octanol–water partition coefficient (Wildman–Crippen LogP) is 2.20. The number of nitrogens with two attached hydrogens (primary N) is 1. The molecule has 3 rings (SSSR count). The third-order valence-corrected chi connectivity index (χ3v) is 5.79. The normalized spacial score (nSPS) is 21.8. The van der Waals surface area contributed by atoms with Gasteiger partial charge in [0.05, 0.1) is 0 Å². The van der Waals surface area contributed by atoms with Crippen LogP contribution in [0.1, 0.15) is 37.7 Å². The maximum atomic E-state index is 12.5. The van der Waals surface area contributed by atoms with Gasteiger partial charge in [-0.25, -0.2) is 4.79 Å². The second kappa shape index (κ2) is 9.74. The molecule has 2 fully saturated rings. The maximum Gasteiger partial charge on any atom is 0.317 e. The first-order valence-corrected chi connectivity index (χ1v) is 10.2. The lowest BCUT2D eigenvalue weighted by Crippen LogP contribution is -2.48. The number of likely N-dealkylation sites (tertiary alicyclic amines) is 2. The third kappa shape index (κ3) is 6.24. The molecule has 148 valence electrons. The van der Waals surface area contributed by atoms with Crippen molar-refractivity contribution >= 4 is 11.9 Å². The molecule has 2 saturated heterocycles. The second-order valence-corrected chi connectivity index (χ2v) is 8.02. The third-order valence-electron chi connectivity index (χ3n) is 5.79. The number of primary amides is 1. The number of amides is 3. The molecule has 1 aromatic carbocycles. The molecule has 2 aliphatic heterocycles. The van der Waals surface area contributed by atoms with Gasteiger partial charge in [0.1, 0.15) is 0 Å². The monoisotopic (exact) mass is 372 g/mol. The smallest absolute Gasteiger partial charge is 0.317 e. The van der Waals surface area contributed by atoms with Gasteiger partial charge in [0.15, 0.2) is 0 Å². The highest BCUT2D eigenvalue weighted by Gasteiger charge is 2.26. The van der Waals surface area contributed by atoms with Crippen molar-refractivity contribution in [1.29, 1.82) is 0 Å². The summed E-state index contributed by atoms with van der Waals surface area (Å²) >= 11 is 0. The van der Waals surface area contributed by atoms with Crippen LogP contribution in [-0.4, -0.2) is 54.5 Å². The molecule has 2 aliphatic rings. The molecular formula is C21H32N4O2. The van der Waals surface area contributed by atoms with Gasteiger partial charge in [0, 0.05) is 32.6 Å². The summed E-state index contributed by atoms with van der Waals surface area (Å²) in [6.07, 6.45) is 4.55. The van der Waals surface area contributed by atoms with Gasteiger partial charge in [0.25, 0.3) is 0 Å². The number of hydrogen-bond acceptors (Lipinski definition) is 3. The molecule has 0 spiro atoms. The van der Waals surface area contributed by atoms with Crippen LogP contribution in [0.2, 0.25) is 0 Å². The number of carbonyl (C=O) groups is 2. The van der Waals surface area contributed by atoms with Gasteiger partial charge in [-0.05, 0) is 56.2 Å². The number of urea groups is 1. The van der Waals surface area contributed by atoms with Crippen molar-refractivity contribution in [3.8, 4) is 0 Å². The minimum Gasteiger partial charge on any atom is -0.370 e. The Bertz CT molecular complexity index is 614. The number of benzene rings is 1. The van der Waals surface area contributed by atoms with E-state index in [1.165, 1.54) is 5.56 Å². The minimum atomic E-state index is -0.274. The van der Waals surface area contributed by atoms with Crippen LogP contribution in [0, 0.1) is 11.8 Å². The van der Waals surface area contributed by atoms with Gasteiger partial charge in [-0.3, -0.25) is 9.69 Å². The fraction of sp³-hybridized carbons (Fsp3) is 0.619. The van der Waals surface area contributed by atoms with Crippen molar-refractivity contribution in [2.24, 2.45) is 17.6 Å². The van der Waals surface area contributed by atoms with Crippen molar-refractivity contribution in [3.63, 3.8) is 0 Å². The van der Waals surface area contributed by atoms with Crippen LogP contribution < -0.4 is 11.1 Å². The van der Waals surface area contributed by atoms with Crippen molar-refractivity contribution in [3.05, 3.63) is 35.9 Å². The molecule has 3 N–H and O–H groups in total. The van der Waals surface area contributed by atoms with E-state index in [-0.39, 0.29) is 17.9 Å². The fourth-order valence-electron chi connectivity index (χ4n) is 4.23. The fourth-order valence-corrected chi connectivity index (χ4v) is 4.23. The van der Waals surface area contributed by atoms with E-state index in [0.29, 0.717) is 18.9 Å². The zero-order valence-electron chi connectivity index (χ0n) is 16.1. The van der Waals surface area contributed by atoms with E-state index in [1.54, 1.807) is 0 Å². The topological polar surface area (TPSA) is 78.7 Å². The summed E-state index contributed by atoms with van der Waals surface area (Å²) in [4.78, 5) is 27.9. The van der Waals surface area contributed by atoms with E-state index in [2.05, 4.69) is 40.5 Å². The molecule has 0 radical (unpaired) electrons. The van der Waals surface area contributed by atoms with Gasteiger partial charge < -0.3 is 16.0 Å². The highest BCUT2D eigenvalue weighted by Crippen LogP contribution is 2.21. The van der Waals surface area contributed by atoms with E-state index in [9.17, 15) is 9.59 Å². The zero-order chi connectivity index (χ0) is 19.1. The van der Waals surface area contributed by atoms with Crippen LogP contribution in [0.25, 0.3) is 0 Å². The molecule has 1 atom stereocenters. The summed E-state index contributed by atoms with van der Waals surface area (Å²) in [6.45, 7) is 5.34. The van der Waals surface area contributed by atoms with E-state index >= 15 is 0 Å². The predicted molar refractivity (Wildman–Crippen MR) is 106 cm³/mol. The number of hydrogen-bond donors (Lipinski definition) is 2. The Kier molecular flexibility index (Phi) is 7.10. The Hall–Kier alpha value is -2.08. The van der Waals surface area contributed by atoms with E-state index < -0.39 is 0 Å². The van der Waals surface area contributed by atoms with Crippen LogP contribution in [0.3, 0.4) is 0 Å². The van der Waals surface area contributed by atoms with Crippen molar-refractivity contribution in [2.45, 2.75) is 38.6 Å². The molecule has 1 aromatic rings. The summed E-state index contributed by atoms with van der Waals surface area (Å²) in [7, 11) is 0. The minimum absolute atomic E-state index is 0.0101. The molecule has 0 bridgehead atoms. The highest BCUT2D eigenvalue weighted by atomic mass is 16.2. The standard InChI is InChI=1S/C21H32N4O2/c22-20(26)13-19-7-4-10-25(16-19)21(27)23-14-17-8-11-24(12-9-17)15-18-5-2-1-3-6-18/h1-3,5-6,17,19H,4,7-16H2,(H2,22,26)(H,23,27). The van der Waals surface area contributed by atoms with E-state index in [1.807, 2.05) is 4.90 Å². The number of nitrogens with zero attached hydrogens (tertiary/aromatic N) is 2. The van der Waals surface area contributed by atoms with Crippen LogP contribution in [0.5, 0.6) is 0 Å². The Labute approximate surface area is 162 Å². The van der Waals surface area contributed by atoms with E-state index in [4.69, 9.17) is 5.73 Å². The summed E-state index contributed by atoms with van der Waals surface area (Å²) in [5.74, 6) is 0.486. The number of carbonyl (C=O) groups excluding carboxylic acids is 2. The lowest BCUT2D eigenvalue weighted by atomic mass is 9.94. The molecular weight excluding hydrogens is 340 g/mol. The summed E-state index contributed by atoms with van der Waals surface area (Å²) < 4.78 is 0. The summed E-state index contributed by atoms with van der Waals surface area (Å²) in [5.41, 5.74) is 6.66. The Morgan fingerprint density at radius 2 is 1.78 bits per heavy atom. The zero-order valence-corrected chi connectivity index (χ0v) is 16.1. The van der Waals surface area contributed by atoms with Gasteiger partial charge in [-0.1, -0.05) is 30.3 Å². The van der Waals surface area contributed by atoms with Crippen LogP contribution in [0.4, 0.5) is 4.79 Å². The van der Waals surface area contributed by atoms with E-state index in [0.717, 1.165) is 58.4 Å². The molecule has 27 heavy (non-hydrogen) atoms. The van der Waals surface area contributed by atoms with Gasteiger partial charge in [0.2, 0.25) is 5.91 Å². The summed E-state index contributed by atoms with van der Waals surface area (Å²) in [5, 5.41) is 3.11. The SMILES string of the molecule is NC(=O)CC1CCCN(C(=O)NCC2CCN(Cc3ccccc3)CC2)C1. The van der Waals surface area contributed by atoms with Crippen LogP contribution in [0.15, 0.2) is 30.3 Å². The maximum absolute atomic E-state index is 12.5. The molecule has 0 saturated carbocycles. The molecule has 0 aliphatic carbocycles. The second-order valence-electron chi connectivity index (χ2n) is 8.02. The Morgan fingerprint density at radius 1 is 1.04 bits per heavy atom. The first-order valence-electron chi connectivity index (χ1n) is 10.2. The molecule has 6 nitrogen and oxygen atoms in total. The van der Waals surface area contributed by atoms with Crippen molar-refractivity contribution in [1.82, 2.24) is 15.1 Å². The molecule has 1 unspecified atom stereocenters. The largest absolute Gasteiger partial charge is 0.370 e. The Balaban J connectivity index is 1.36. The van der Waals surface area contributed by atoms with Crippen molar-refractivity contribution in [2.75, 3.05) is 32.7 Å². The van der Waals surface area contributed by atoms with Gasteiger partial charge in [-0.2, -0.15) is 0 Å². The average molecular weight is 373 g/mol. The van der Waals surface area contributed by atoms with Gasteiger partial charge >= 0.3 is 6.03 Å². The van der Waals surface area contributed by atoms with Crippen molar-refractivity contribution < 1.29 is 9.59 Å². The number of piperidine rings is 2. The lowest BCUT2D eigenvalue weighted by molar-refractivity contribution is -0.119. The van der Waals surface area contributed by atoms with Gasteiger partial charge in [-0.15, -0.1) is 0 Å². The molecule has 6 heteroatoms. The Morgan fingerprint density at radius 3 is 2.48 bits per heavy atom. The van der Waals surface area contributed by atoms with Crippen LogP contribution in [-0.2, 0) is 11.3 Å². The van der Waals surface area contributed by atoms with Crippen LogP contribution >= 0.6 is 0 Å². The first-order chi connectivity index (χ1) is 13.1. The highest BCUT2D eigenvalue weighted by molar-refractivity contribution is 5.75. The average Bonchev–Trinajstić information content (AvgIpc) is 2.68. The molecule has 0 aromatic heterocycles. The number of nitrogens with one attached hydrogen (secondary N) is 1. The molecule has 3 amide bonds. The molecule has 2 heterocycles. The summed E-state index contributed by atoms with van der Waals surface area (Å²) in [6, 6.07) is 10.6. The lowest BCUT2D eigenvalue weighted by Gasteiger charge is -2.34. The number of rotatable bonds is 6. The quantitative estimate of drug-likeness (QED) is 0.803.